The number of fused-ring (bicyclic) bond motifs is 2. The van der Waals surface area contributed by atoms with E-state index in [0.29, 0.717) is 31.7 Å². The summed E-state index contributed by atoms with van der Waals surface area (Å²) in [6.45, 7) is 8.50. The minimum atomic E-state index is -4.62. The molecule has 0 bridgehead atoms. The Balaban J connectivity index is 1.52. The van der Waals surface area contributed by atoms with Gasteiger partial charge < -0.3 is 15.4 Å². The van der Waals surface area contributed by atoms with Gasteiger partial charge in [0, 0.05) is 49.6 Å². The lowest BCUT2D eigenvalue weighted by molar-refractivity contribution is -0.137. The summed E-state index contributed by atoms with van der Waals surface area (Å²) >= 11 is 0. The van der Waals surface area contributed by atoms with Crippen LogP contribution in [0.1, 0.15) is 51.8 Å². The number of likely N-dealkylation sites (tertiary alicyclic amines) is 1. The Kier molecular flexibility index (Phi) is 6.20. The van der Waals surface area contributed by atoms with Crippen molar-refractivity contribution in [1.29, 1.82) is 0 Å². The molecule has 0 saturated carbocycles. The molecule has 12 heteroatoms. The number of likely N-dealkylation sites (N-methyl/N-ethyl adjacent to an activating group) is 1. The van der Waals surface area contributed by atoms with E-state index in [1.807, 2.05) is 0 Å². The van der Waals surface area contributed by atoms with Crippen molar-refractivity contribution in [2.45, 2.75) is 70.3 Å². The zero-order valence-corrected chi connectivity index (χ0v) is 21.0. The van der Waals surface area contributed by atoms with Crippen LogP contribution >= 0.6 is 0 Å². The maximum atomic E-state index is 13.3. The number of ether oxygens (including phenoxy) is 1. The lowest BCUT2D eigenvalue weighted by Crippen LogP contribution is -2.49. The number of carbonyl (C=O) groups excluding carboxylic acids is 2. The SMILES string of the molecule is C[C@H](C(=O)N1CC[C@@]2(CCn3nc(-c4cnc(N)c(C(F)(F)F)c4)cc32)C1)N(C)C(=O)OC(C)(C)C. The number of aromatic nitrogens is 3. The molecule has 36 heavy (non-hydrogen) atoms. The van der Waals surface area contributed by atoms with Gasteiger partial charge in [0.2, 0.25) is 5.91 Å². The molecule has 4 rings (SSSR count). The van der Waals surface area contributed by atoms with Gasteiger partial charge in [-0.05, 0) is 52.7 Å². The predicted octanol–water partition coefficient (Wildman–Crippen LogP) is 3.68. The summed E-state index contributed by atoms with van der Waals surface area (Å²) in [6, 6.07) is 2.04. The molecule has 2 aliphatic heterocycles. The van der Waals surface area contributed by atoms with E-state index in [0.717, 1.165) is 18.2 Å². The molecule has 1 spiro atoms. The van der Waals surface area contributed by atoms with Gasteiger partial charge >= 0.3 is 12.3 Å². The van der Waals surface area contributed by atoms with Crippen LogP contribution in [-0.4, -0.2) is 68.3 Å². The topological polar surface area (TPSA) is 107 Å². The van der Waals surface area contributed by atoms with Gasteiger partial charge in [0.05, 0.1) is 11.3 Å². The van der Waals surface area contributed by atoms with Crippen LogP contribution in [-0.2, 0) is 27.7 Å². The smallest absolute Gasteiger partial charge is 0.419 e. The third-order valence-electron chi connectivity index (χ3n) is 6.93. The number of carbonyl (C=O) groups is 2. The third kappa shape index (κ3) is 4.72. The first-order chi connectivity index (χ1) is 16.6. The number of amides is 2. The van der Waals surface area contributed by atoms with Crippen molar-refractivity contribution in [1.82, 2.24) is 24.6 Å². The molecule has 0 unspecified atom stereocenters. The van der Waals surface area contributed by atoms with Gasteiger partial charge in [-0.3, -0.25) is 14.4 Å². The van der Waals surface area contributed by atoms with Crippen LogP contribution in [0.5, 0.6) is 0 Å². The van der Waals surface area contributed by atoms with Crippen molar-refractivity contribution < 1.29 is 27.5 Å². The summed E-state index contributed by atoms with van der Waals surface area (Å²) in [6.07, 6.45) is -2.44. The first-order valence-electron chi connectivity index (χ1n) is 11.8. The summed E-state index contributed by atoms with van der Waals surface area (Å²) in [5.74, 6) is -0.763. The molecule has 0 aliphatic carbocycles. The average molecular weight is 509 g/mol. The number of hydrogen-bond acceptors (Lipinski definition) is 6. The van der Waals surface area contributed by atoms with E-state index in [1.54, 1.807) is 43.3 Å². The summed E-state index contributed by atoms with van der Waals surface area (Å²) in [4.78, 5) is 32.4. The fourth-order valence-corrected chi connectivity index (χ4v) is 4.84. The zero-order chi connectivity index (χ0) is 26.6. The van der Waals surface area contributed by atoms with Gasteiger partial charge in [0.1, 0.15) is 17.5 Å². The molecule has 0 radical (unpaired) electrons. The number of hydrogen-bond donors (Lipinski definition) is 1. The molecule has 4 heterocycles. The highest BCUT2D eigenvalue weighted by atomic mass is 19.4. The van der Waals surface area contributed by atoms with Gasteiger partial charge in [-0.1, -0.05) is 0 Å². The van der Waals surface area contributed by atoms with E-state index in [4.69, 9.17) is 10.5 Å². The Labute approximate surface area is 207 Å². The van der Waals surface area contributed by atoms with Crippen molar-refractivity contribution in [3.63, 3.8) is 0 Å². The highest BCUT2D eigenvalue weighted by Crippen LogP contribution is 2.44. The van der Waals surface area contributed by atoms with Gasteiger partial charge in [-0.25, -0.2) is 9.78 Å². The number of nitrogen functional groups attached to an aromatic ring is 1. The monoisotopic (exact) mass is 508 g/mol. The van der Waals surface area contributed by atoms with Crippen molar-refractivity contribution in [3.8, 4) is 11.3 Å². The summed E-state index contributed by atoms with van der Waals surface area (Å²) in [7, 11) is 1.54. The van der Waals surface area contributed by atoms with E-state index >= 15 is 0 Å². The number of nitrogens with zero attached hydrogens (tertiary/aromatic N) is 5. The highest BCUT2D eigenvalue weighted by molar-refractivity contribution is 5.85. The maximum absolute atomic E-state index is 13.3. The van der Waals surface area contributed by atoms with E-state index < -0.39 is 35.3 Å². The Hall–Kier alpha value is -3.31. The summed E-state index contributed by atoms with van der Waals surface area (Å²) < 4.78 is 47.1. The molecule has 2 aromatic rings. The van der Waals surface area contributed by atoms with Gasteiger partial charge in [0.25, 0.3) is 0 Å². The zero-order valence-electron chi connectivity index (χ0n) is 21.0. The first kappa shape index (κ1) is 25.8. The van der Waals surface area contributed by atoms with Crippen LogP contribution < -0.4 is 5.73 Å². The molecule has 2 amide bonds. The van der Waals surface area contributed by atoms with E-state index in [1.165, 1.54) is 18.1 Å². The molecule has 1 fully saturated rings. The second kappa shape index (κ2) is 8.67. The van der Waals surface area contributed by atoms with Gasteiger partial charge in [-0.15, -0.1) is 0 Å². The second-order valence-corrected chi connectivity index (χ2v) is 10.6. The number of alkyl halides is 3. The van der Waals surface area contributed by atoms with Crippen molar-refractivity contribution >= 4 is 17.8 Å². The predicted molar refractivity (Wildman–Crippen MR) is 126 cm³/mol. The van der Waals surface area contributed by atoms with Crippen LogP contribution in [0.4, 0.5) is 23.8 Å². The molecule has 2 atom stereocenters. The van der Waals surface area contributed by atoms with Crippen LogP contribution in [0.15, 0.2) is 18.3 Å². The number of pyridine rings is 1. The number of rotatable bonds is 3. The molecule has 2 aliphatic rings. The van der Waals surface area contributed by atoms with E-state index in [2.05, 4.69) is 10.1 Å². The fourth-order valence-electron chi connectivity index (χ4n) is 4.84. The largest absolute Gasteiger partial charge is 0.444 e. The van der Waals surface area contributed by atoms with Crippen LogP contribution in [0.2, 0.25) is 0 Å². The minimum absolute atomic E-state index is 0.184. The maximum Gasteiger partial charge on any atom is 0.419 e. The van der Waals surface area contributed by atoms with Crippen LogP contribution in [0, 0.1) is 0 Å². The fraction of sp³-hybridized carbons (Fsp3) is 0.583. The van der Waals surface area contributed by atoms with Gasteiger partial charge in [0.15, 0.2) is 0 Å². The van der Waals surface area contributed by atoms with Crippen LogP contribution in [0.25, 0.3) is 11.3 Å². The average Bonchev–Trinajstić information content (AvgIpc) is 3.47. The lowest BCUT2D eigenvalue weighted by atomic mass is 9.82. The van der Waals surface area contributed by atoms with Crippen molar-refractivity contribution in [3.05, 3.63) is 29.6 Å². The lowest BCUT2D eigenvalue weighted by Gasteiger charge is -2.31. The number of nitrogens with two attached hydrogens (primary N) is 1. The quantitative estimate of drug-likeness (QED) is 0.678. The molecule has 9 nitrogen and oxygen atoms in total. The molecular formula is C24H31F3N6O3. The Bertz CT molecular complexity index is 1190. The van der Waals surface area contributed by atoms with Gasteiger partial charge in [-0.2, -0.15) is 18.3 Å². The molecule has 2 N–H and O–H groups in total. The highest BCUT2D eigenvalue weighted by Gasteiger charge is 2.48. The first-order valence-corrected chi connectivity index (χ1v) is 11.8. The standard InChI is InChI=1S/C24H31F3N6O3/c1-14(31(5)21(35)36-22(2,3)4)20(34)32-8-6-23(13-32)7-9-33-18(23)11-17(30-33)15-10-16(24(25,26)27)19(28)29-12-15/h10-12,14H,6-9,13H2,1-5H3,(H2,28,29)/t14-,23-/m1/s1. The normalized spacial score (nSPS) is 20.5. The number of anilines is 1. The molecule has 0 aromatic carbocycles. The van der Waals surface area contributed by atoms with Crippen molar-refractivity contribution in [2.75, 3.05) is 25.9 Å². The second-order valence-electron chi connectivity index (χ2n) is 10.6. The molecule has 1 saturated heterocycles. The minimum Gasteiger partial charge on any atom is -0.444 e. The van der Waals surface area contributed by atoms with E-state index in [-0.39, 0.29) is 16.9 Å². The molecule has 196 valence electrons. The van der Waals surface area contributed by atoms with Crippen molar-refractivity contribution in [2.24, 2.45) is 0 Å². The molecular weight excluding hydrogens is 477 g/mol. The molecule has 2 aromatic heterocycles. The van der Waals surface area contributed by atoms with E-state index in [9.17, 15) is 22.8 Å². The Morgan fingerprint density at radius 1 is 1.19 bits per heavy atom. The van der Waals surface area contributed by atoms with Crippen LogP contribution in [0.3, 0.4) is 0 Å². The number of aryl methyl sites for hydroxylation is 1. The third-order valence-corrected chi connectivity index (χ3v) is 6.93. The summed E-state index contributed by atoms with van der Waals surface area (Å²) in [5.41, 5.74) is 4.90. The number of halogens is 3. The Morgan fingerprint density at radius 3 is 2.50 bits per heavy atom. The summed E-state index contributed by atoms with van der Waals surface area (Å²) in [5, 5.41) is 4.52. The Morgan fingerprint density at radius 2 is 1.86 bits per heavy atom.